The fourth-order valence-electron chi connectivity index (χ4n) is 1.99. The van der Waals surface area contributed by atoms with E-state index in [9.17, 15) is 19.7 Å². The third-order valence-electron chi connectivity index (χ3n) is 3.22. The molecule has 1 amide bonds. The molecule has 0 bridgehead atoms. The summed E-state index contributed by atoms with van der Waals surface area (Å²) in [7, 11) is 1.42. The van der Waals surface area contributed by atoms with E-state index in [4.69, 9.17) is 9.47 Å². The van der Waals surface area contributed by atoms with E-state index in [1.165, 1.54) is 36.6 Å². The highest BCUT2D eigenvalue weighted by atomic mass is 32.1. The van der Waals surface area contributed by atoms with E-state index in [1.807, 2.05) is 0 Å². The summed E-state index contributed by atoms with van der Waals surface area (Å²) in [6, 6.07) is 7.50. The highest BCUT2D eigenvalue weighted by molar-refractivity contribution is 7.12. The van der Waals surface area contributed by atoms with Crippen LogP contribution in [0.3, 0.4) is 0 Å². The molecule has 2 aromatic rings. The fraction of sp³-hybridized carbons (Fsp3) is 0.250. The minimum absolute atomic E-state index is 0.00560. The van der Waals surface area contributed by atoms with Gasteiger partial charge in [-0.2, -0.15) is 0 Å². The molecule has 0 fully saturated rings. The van der Waals surface area contributed by atoms with Crippen molar-refractivity contribution in [1.29, 1.82) is 0 Å². The van der Waals surface area contributed by atoms with Crippen molar-refractivity contribution in [3.63, 3.8) is 0 Å². The Morgan fingerprint density at radius 3 is 2.76 bits per heavy atom. The van der Waals surface area contributed by atoms with Gasteiger partial charge >= 0.3 is 5.97 Å². The van der Waals surface area contributed by atoms with Gasteiger partial charge in [-0.1, -0.05) is 6.07 Å². The Bertz CT molecular complexity index is 760. The van der Waals surface area contributed by atoms with Crippen LogP contribution in [0.1, 0.15) is 21.7 Å². The summed E-state index contributed by atoms with van der Waals surface area (Å²) in [6.45, 7) is -0.00973. The molecule has 0 saturated heterocycles. The first kappa shape index (κ1) is 18.4. The van der Waals surface area contributed by atoms with Gasteiger partial charge in [0.2, 0.25) is 0 Å². The largest absolute Gasteiger partial charge is 0.496 e. The van der Waals surface area contributed by atoms with Crippen molar-refractivity contribution >= 4 is 28.9 Å². The molecule has 25 heavy (non-hydrogen) atoms. The van der Waals surface area contributed by atoms with Crippen LogP contribution in [0, 0.1) is 10.1 Å². The highest BCUT2D eigenvalue weighted by Crippen LogP contribution is 2.24. The molecule has 1 aromatic carbocycles. The molecule has 0 radical (unpaired) electrons. The van der Waals surface area contributed by atoms with Crippen molar-refractivity contribution in [3.05, 3.63) is 56.3 Å². The van der Waals surface area contributed by atoms with Gasteiger partial charge in [0.1, 0.15) is 12.4 Å². The monoisotopic (exact) mass is 364 g/mol. The molecule has 0 saturated carbocycles. The molecule has 1 heterocycles. The Hall–Kier alpha value is -2.94. The lowest BCUT2D eigenvalue weighted by atomic mass is 10.2. The molecular weight excluding hydrogens is 348 g/mol. The molecule has 2 rings (SSSR count). The average molecular weight is 364 g/mol. The minimum Gasteiger partial charge on any atom is -0.496 e. The second-order valence-electron chi connectivity index (χ2n) is 4.90. The van der Waals surface area contributed by atoms with Gasteiger partial charge in [-0.3, -0.25) is 19.7 Å². The summed E-state index contributed by atoms with van der Waals surface area (Å²) in [5, 5.41) is 15.2. The third-order valence-corrected chi connectivity index (χ3v) is 4.09. The lowest BCUT2D eigenvalue weighted by Crippen LogP contribution is -2.25. The molecule has 1 N–H and O–H groups in total. The van der Waals surface area contributed by atoms with Gasteiger partial charge in [0, 0.05) is 24.2 Å². The number of thiophene rings is 1. The number of amides is 1. The van der Waals surface area contributed by atoms with Crippen LogP contribution in [0.4, 0.5) is 5.69 Å². The standard InChI is InChI=1S/C16H16N2O6S/c1-23-13-5-4-12(18(21)22)9-11(13)10-24-15(19)6-7-17-16(20)14-3-2-8-25-14/h2-5,8-9H,6-7,10H2,1H3,(H,17,20). The Labute approximate surface area is 147 Å². The molecule has 0 atom stereocenters. The zero-order valence-electron chi connectivity index (χ0n) is 13.4. The van der Waals surface area contributed by atoms with Gasteiger partial charge in [-0.25, -0.2) is 0 Å². The van der Waals surface area contributed by atoms with Crippen LogP contribution in [0.15, 0.2) is 35.7 Å². The Balaban J connectivity index is 1.82. The van der Waals surface area contributed by atoms with Crippen LogP contribution in [0.5, 0.6) is 5.75 Å². The summed E-state index contributed by atoms with van der Waals surface area (Å²) < 4.78 is 10.2. The Kier molecular flexibility index (Phi) is 6.47. The first-order valence-electron chi connectivity index (χ1n) is 7.30. The number of nitrogens with one attached hydrogen (secondary N) is 1. The van der Waals surface area contributed by atoms with Gasteiger partial charge < -0.3 is 14.8 Å². The zero-order chi connectivity index (χ0) is 18.2. The van der Waals surface area contributed by atoms with E-state index >= 15 is 0 Å². The third kappa shape index (κ3) is 5.28. The van der Waals surface area contributed by atoms with Crippen molar-refractivity contribution in [2.24, 2.45) is 0 Å². The fourth-order valence-corrected chi connectivity index (χ4v) is 2.63. The van der Waals surface area contributed by atoms with Gasteiger partial charge in [0.05, 0.1) is 23.3 Å². The molecule has 8 nitrogen and oxygen atoms in total. The predicted octanol–water partition coefficient (Wildman–Crippen LogP) is 2.53. The van der Waals surface area contributed by atoms with Crippen LogP contribution in [0.2, 0.25) is 0 Å². The number of nitro benzene ring substituents is 1. The number of methoxy groups -OCH3 is 1. The van der Waals surface area contributed by atoms with Crippen LogP contribution in [0.25, 0.3) is 0 Å². The number of ether oxygens (including phenoxy) is 2. The topological polar surface area (TPSA) is 108 Å². The quantitative estimate of drug-likeness (QED) is 0.438. The number of non-ortho nitro benzene ring substituents is 1. The predicted molar refractivity (Wildman–Crippen MR) is 90.7 cm³/mol. The number of nitrogens with zero attached hydrogens (tertiary/aromatic N) is 1. The summed E-state index contributed by atoms with van der Waals surface area (Å²) in [5.74, 6) is -0.382. The van der Waals surface area contributed by atoms with Crippen LogP contribution < -0.4 is 10.1 Å². The zero-order valence-corrected chi connectivity index (χ0v) is 14.2. The molecule has 0 aliphatic rings. The first-order valence-corrected chi connectivity index (χ1v) is 8.18. The smallest absolute Gasteiger partial charge is 0.307 e. The number of benzene rings is 1. The lowest BCUT2D eigenvalue weighted by molar-refractivity contribution is -0.385. The number of carbonyl (C=O) groups excluding carboxylic acids is 2. The number of hydrogen-bond donors (Lipinski definition) is 1. The summed E-state index contributed by atoms with van der Waals surface area (Å²) in [5.41, 5.74) is 0.280. The van der Waals surface area contributed by atoms with Crippen molar-refractivity contribution in [1.82, 2.24) is 5.32 Å². The summed E-state index contributed by atoms with van der Waals surface area (Å²) in [4.78, 5) is 34.3. The molecule has 9 heteroatoms. The van der Waals surface area contributed by atoms with E-state index < -0.39 is 10.9 Å². The van der Waals surface area contributed by atoms with E-state index in [2.05, 4.69) is 5.32 Å². The van der Waals surface area contributed by atoms with Crippen LogP contribution in [-0.4, -0.2) is 30.5 Å². The van der Waals surface area contributed by atoms with E-state index in [1.54, 1.807) is 17.5 Å². The number of nitro groups is 1. The summed E-state index contributed by atoms with van der Waals surface area (Å²) in [6.07, 6.45) is -0.00560. The van der Waals surface area contributed by atoms with Gasteiger partial charge in [0.25, 0.3) is 11.6 Å². The molecular formula is C16H16N2O6S. The highest BCUT2D eigenvalue weighted by Gasteiger charge is 2.13. The number of carbonyl (C=O) groups is 2. The maximum atomic E-state index is 11.8. The molecule has 0 aliphatic carbocycles. The maximum Gasteiger partial charge on any atom is 0.307 e. The Morgan fingerprint density at radius 1 is 1.32 bits per heavy atom. The van der Waals surface area contributed by atoms with E-state index in [-0.39, 0.29) is 31.2 Å². The van der Waals surface area contributed by atoms with Gasteiger partial charge in [0.15, 0.2) is 0 Å². The van der Waals surface area contributed by atoms with Crippen molar-refractivity contribution in [2.45, 2.75) is 13.0 Å². The molecule has 1 aromatic heterocycles. The summed E-state index contributed by atoms with van der Waals surface area (Å²) >= 11 is 1.31. The minimum atomic E-state index is -0.537. The number of esters is 1. The molecule has 132 valence electrons. The van der Waals surface area contributed by atoms with E-state index in [0.29, 0.717) is 16.2 Å². The molecule has 0 unspecified atom stereocenters. The van der Waals surface area contributed by atoms with Crippen molar-refractivity contribution < 1.29 is 24.0 Å². The van der Waals surface area contributed by atoms with Crippen molar-refractivity contribution in [2.75, 3.05) is 13.7 Å². The van der Waals surface area contributed by atoms with Crippen LogP contribution in [-0.2, 0) is 16.1 Å². The van der Waals surface area contributed by atoms with Gasteiger partial charge in [-0.15, -0.1) is 11.3 Å². The second-order valence-corrected chi connectivity index (χ2v) is 5.84. The average Bonchev–Trinajstić information content (AvgIpc) is 3.14. The molecule has 0 spiro atoms. The normalized spacial score (nSPS) is 10.1. The Morgan fingerprint density at radius 2 is 2.12 bits per heavy atom. The lowest BCUT2D eigenvalue weighted by Gasteiger charge is -2.09. The van der Waals surface area contributed by atoms with Gasteiger partial charge in [-0.05, 0) is 17.5 Å². The maximum absolute atomic E-state index is 11.8. The SMILES string of the molecule is COc1ccc([N+](=O)[O-])cc1COC(=O)CCNC(=O)c1cccs1. The first-order chi connectivity index (χ1) is 12.0. The second kappa shape index (κ2) is 8.78. The number of rotatable bonds is 8. The van der Waals surface area contributed by atoms with Crippen molar-refractivity contribution in [3.8, 4) is 5.75 Å². The number of hydrogen-bond acceptors (Lipinski definition) is 7. The molecule has 0 aliphatic heterocycles. The van der Waals surface area contributed by atoms with Crippen LogP contribution >= 0.6 is 11.3 Å². The van der Waals surface area contributed by atoms with E-state index in [0.717, 1.165) is 0 Å².